The molecule has 0 saturated heterocycles. The largest absolute Gasteiger partial charge is 0.368 e. The van der Waals surface area contributed by atoms with Gasteiger partial charge in [-0.15, -0.1) is 0 Å². The number of nitrogens with zero attached hydrogens (tertiary/aromatic N) is 3. The highest BCUT2D eigenvalue weighted by molar-refractivity contribution is 7.98. The monoisotopic (exact) mass is 217 g/mol. The maximum atomic E-state index is 10.9. The SMILES string of the molecule is CSCCC(NCCN=[N+]=[N-])C(N)=O. The van der Waals surface area contributed by atoms with Crippen LogP contribution in [0, 0.1) is 0 Å². The normalized spacial score (nSPS) is 11.8. The summed E-state index contributed by atoms with van der Waals surface area (Å²) in [5.41, 5.74) is 13.2. The predicted octanol–water partition coefficient (Wildman–Crippen LogP) is 0.493. The average Bonchev–Trinajstić information content (AvgIpc) is 2.16. The Bertz CT molecular complexity index is 216. The molecule has 6 nitrogen and oxygen atoms in total. The van der Waals surface area contributed by atoms with Crippen molar-refractivity contribution in [3.8, 4) is 0 Å². The molecular weight excluding hydrogens is 202 g/mol. The molecule has 80 valence electrons. The highest BCUT2D eigenvalue weighted by Crippen LogP contribution is 1.99. The number of hydrogen-bond acceptors (Lipinski definition) is 4. The van der Waals surface area contributed by atoms with E-state index in [0.29, 0.717) is 19.5 Å². The fourth-order valence-corrected chi connectivity index (χ4v) is 1.39. The summed E-state index contributed by atoms with van der Waals surface area (Å²) in [6.45, 7) is 0.811. The van der Waals surface area contributed by atoms with Crippen LogP contribution in [0.5, 0.6) is 0 Å². The van der Waals surface area contributed by atoms with Crippen molar-refractivity contribution in [1.29, 1.82) is 0 Å². The van der Waals surface area contributed by atoms with Crippen LogP contribution in [0.3, 0.4) is 0 Å². The van der Waals surface area contributed by atoms with E-state index >= 15 is 0 Å². The zero-order valence-electron chi connectivity index (χ0n) is 8.14. The van der Waals surface area contributed by atoms with Crippen molar-refractivity contribution in [2.24, 2.45) is 10.8 Å². The van der Waals surface area contributed by atoms with Gasteiger partial charge < -0.3 is 11.1 Å². The van der Waals surface area contributed by atoms with Crippen molar-refractivity contribution < 1.29 is 4.79 Å². The molecule has 14 heavy (non-hydrogen) atoms. The molecule has 1 atom stereocenters. The quantitative estimate of drug-likeness (QED) is 0.267. The van der Waals surface area contributed by atoms with Crippen molar-refractivity contribution >= 4 is 17.7 Å². The molecule has 0 rings (SSSR count). The zero-order valence-corrected chi connectivity index (χ0v) is 8.96. The molecule has 0 aliphatic rings. The van der Waals surface area contributed by atoms with Crippen LogP contribution >= 0.6 is 11.8 Å². The maximum Gasteiger partial charge on any atom is 0.234 e. The van der Waals surface area contributed by atoms with E-state index in [4.69, 9.17) is 11.3 Å². The molecule has 0 radical (unpaired) electrons. The van der Waals surface area contributed by atoms with Crippen LogP contribution in [0.2, 0.25) is 0 Å². The number of carbonyl (C=O) groups is 1. The number of thioether (sulfide) groups is 1. The molecule has 0 saturated carbocycles. The molecule has 3 N–H and O–H groups in total. The lowest BCUT2D eigenvalue weighted by Gasteiger charge is -2.13. The number of nitrogens with one attached hydrogen (secondary N) is 1. The van der Waals surface area contributed by atoms with Crippen LogP contribution in [0.4, 0.5) is 0 Å². The molecule has 1 unspecified atom stereocenters. The summed E-state index contributed by atoms with van der Waals surface area (Å²) in [6.07, 6.45) is 2.67. The van der Waals surface area contributed by atoms with Gasteiger partial charge >= 0.3 is 0 Å². The van der Waals surface area contributed by atoms with Gasteiger partial charge in [0.15, 0.2) is 0 Å². The van der Waals surface area contributed by atoms with Crippen molar-refractivity contribution in [2.45, 2.75) is 12.5 Å². The van der Waals surface area contributed by atoms with Gasteiger partial charge in [0.05, 0.1) is 6.04 Å². The lowest BCUT2D eigenvalue weighted by molar-refractivity contribution is -0.120. The van der Waals surface area contributed by atoms with Crippen LogP contribution in [0.15, 0.2) is 5.11 Å². The molecule has 0 aromatic rings. The molecule has 0 fully saturated rings. The van der Waals surface area contributed by atoms with E-state index in [-0.39, 0.29) is 11.9 Å². The Hall–Kier alpha value is -0.910. The minimum Gasteiger partial charge on any atom is -0.368 e. The van der Waals surface area contributed by atoms with E-state index in [1.54, 1.807) is 11.8 Å². The van der Waals surface area contributed by atoms with Crippen molar-refractivity contribution in [3.05, 3.63) is 10.4 Å². The molecule has 0 aliphatic heterocycles. The second-order valence-electron chi connectivity index (χ2n) is 2.65. The minimum atomic E-state index is -0.361. The second-order valence-corrected chi connectivity index (χ2v) is 3.63. The number of azide groups is 1. The number of primary amides is 1. The van der Waals surface area contributed by atoms with Gasteiger partial charge in [0.25, 0.3) is 0 Å². The average molecular weight is 217 g/mol. The van der Waals surface area contributed by atoms with Crippen LogP contribution in [-0.4, -0.2) is 37.0 Å². The smallest absolute Gasteiger partial charge is 0.234 e. The third-order valence-electron chi connectivity index (χ3n) is 1.62. The Balaban J connectivity index is 3.72. The predicted molar refractivity (Wildman–Crippen MR) is 58.0 cm³/mol. The van der Waals surface area contributed by atoms with Gasteiger partial charge in [-0.25, -0.2) is 0 Å². The first-order valence-corrected chi connectivity index (χ1v) is 5.64. The summed E-state index contributed by atoms with van der Waals surface area (Å²) < 4.78 is 0. The van der Waals surface area contributed by atoms with Crippen LogP contribution in [0.1, 0.15) is 6.42 Å². The Labute approximate surface area is 87.2 Å². The summed E-state index contributed by atoms with van der Waals surface area (Å²) >= 11 is 1.66. The third kappa shape index (κ3) is 6.59. The molecule has 0 aromatic carbocycles. The fraction of sp³-hybridized carbons (Fsp3) is 0.857. The van der Waals surface area contributed by atoms with E-state index in [2.05, 4.69) is 15.3 Å². The van der Waals surface area contributed by atoms with E-state index in [1.165, 1.54) is 0 Å². The Morgan fingerprint density at radius 3 is 3.00 bits per heavy atom. The van der Waals surface area contributed by atoms with E-state index in [9.17, 15) is 4.79 Å². The number of hydrogen-bond donors (Lipinski definition) is 2. The van der Waals surface area contributed by atoms with Gasteiger partial charge in [-0.1, -0.05) is 5.11 Å². The summed E-state index contributed by atoms with van der Waals surface area (Å²) in [7, 11) is 0. The van der Waals surface area contributed by atoms with Crippen molar-refractivity contribution in [3.63, 3.8) is 0 Å². The third-order valence-corrected chi connectivity index (χ3v) is 2.26. The zero-order chi connectivity index (χ0) is 10.8. The molecule has 1 amide bonds. The highest BCUT2D eigenvalue weighted by atomic mass is 32.2. The number of amides is 1. The van der Waals surface area contributed by atoms with Crippen LogP contribution < -0.4 is 11.1 Å². The molecular formula is C7H15N5OS. The molecule has 0 aliphatic carbocycles. The lowest BCUT2D eigenvalue weighted by Crippen LogP contribution is -2.42. The molecule has 7 heteroatoms. The Morgan fingerprint density at radius 1 is 1.79 bits per heavy atom. The van der Waals surface area contributed by atoms with Gasteiger partial charge in [0.1, 0.15) is 0 Å². The Kier molecular flexibility index (Phi) is 8.11. The summed E-state index contributed by atoms with van der Waals surface area (Å²) in [5, 5.41) is 6.28. The minimum absolute atomic E-state index is 0.323. The highest BCUT2D eigenvalue weighted by Gasteiger charge is 2.12. The first kappa shape index (κ1) is 13.1. The van der Waals surface area contributed by atoms with Crippen molar-refractivity contribution in [1.82, 2.24) is 5.32 Å². The molecule has 0 bridgehead atoms. The van der Waals surface area contributed by atoms with Gasteiger partial charge in [-0.2, -0.15) is 11.8 Å². The van der Waals surface area contributed by atoms with Gasteiger partial charge in [0.2, 0.25) is 5.91 Å². The first-order chi connectivity index (χ1) is 6.72. The topological polar surface area (TPSA) is 104 Å². The Morgan fingerprint density at radius 2 is 2.50 bits per heavy atom. The van der Waals surface area contributed by atoms with Crippen molar-refractivity contribution in [2.75, 3.05) is 25.1 Å². The van der Waals surface area contributed by atoms with Crippen LogP contribution in [0.25, 0.3) is 10.4 Å². The lowest BCUT2D eigenvalue weighted by atomic mass is 10.2. The van der Waals surface area contributed by atoms with Gasteiger partial charge in [-0.3, -0.25) is 4.79 Å². The second kappa shape index (κ2) is 8.68. The fourth-order valence-electron chi connectivity index (χ4n) is 0.914. The van der Waals surface area contributed by atoms with E-state index in [1.807, 2.05) is 6.26 Å². The molecule has 0 spiro atoms. The molecule has 0 aromatic heterocycles. The number of rotatable bonds is 8. The standard InChI is InChI=1S/C7H15N5OS/c1-14-5-2-6(7(8)13)10-3-4-11-12-9/h6,10H,2-5H2,1H3,(H2,8,13). The summed E-state index contributed by atoms with van der Waals surface area (Å²) in [5.74, 6) is 0.516. The summed E-state index contributed by atoms with van der Waals surface area (Å²) in [4.78, 5) is 13.5. The maximum absolute atomic E-state index is 10.9. The first-order valence-electron chi connectivity index (χ1n) is 4.25. The summed E-state index contributed by atoms with van der Waals surface area (Å²) in [6, 6.07) is -0.323. The molecule has 0 heterocycles. The van der Waals surface area contributed by atoms with Crippen LogP contribution in [-0.2, 0) is 4.79 Å². The van der Waals surface area contributed by atoms with E-state index in [0.717, 1.165) is 5.75 Å². The number of nitrogens with two attached hydrogens (primary N) is 1. The van der Waals surface area contributed by atoms with E-state index < -0.39 is 0 Å². The van der Waals surface area contributed by atoms with Gasteiger partial charge in [0, 0.05) is 18.0 Å². The number of carbonyl (C=O) groups excluding carboxylic acids is 1. The van der Waals surface area contributed by atoms with Gasteiger partial charge in [-0.05, 0) is 24.0 Å².